The Balaban J connectivity index is 2.18. The van der Waals surface area contributed by atoms with Gasteiger partial charge >= 0.3 is 6.18 Å². The first-order valence-electron chi connectivity index (χ1n) is 5.89. The van der Waals surface area contributed by atoms with Gasteiger partial charge in [-0.1, -0.05) is 11.6 Å². The number of hydrogen-bond acceptors (Lipinski definition) is 2. The lowest BCUT2D eigenvalue weighted by molar-refractivity contribution is -0.137. The molecule has 7 heteroatoms. The van der Waals surface area contributed by atoms with Gasteiger partial charge in [0.15, 0.2) is 0 Å². The number of anilines is 1. The quantitative estimate of drug-likeness (QED) is 0.918. The van der Waals surface area contributed by atoms with Gasteiger partial charge < -0.3 is 5.32 Å². The van der Waals surface area contributed by atoms with Crippen LogP contribution in [0.2, 0.25) is 5.02 Å². The van der Waals surface area contributed by atoms with Crippen molar-refractivity contribution in [1.29, 1.82) is 0 Å². The largest absolute Gasteiger partial charge is 0.416 e. The molecule has 1 N–H and O–H groups in total. The minimum atomic E-state index is -4.39. The number of hydrogen-bond donors (Lipinski definition) is 1. The van der Waals surface area contributed by atoms with Crippen LogP contribution >= 0.6 is 11.6 Å². The van der Waals surface area contributed by atoms with Gasteiger partial charge in [0, 0.05) is 18.8 Å². The molecule has 2 rings (SSSR count). The third-order valence-electron chi connectivity index (χ3n) is 2.89. The summed E-state index contributed by atoms with van der Waals surface area (Å²) in [7, 11) is 1.79. The molecular formula is C13H13ClF3N3. The lowest BCUT2D eigenvalue weighted by Gasteiger charge is -2.16. The molecule has 0 aliphatic carbocycles. The van der Waals surface area contributed by atoms with Crippen LogP contribution in [0.1, 0.15) is 24.1 Å². The van der Waals surface area contributed by atoms with Crippen LogP contribution in [0.3, 0.4) is 0 Å². The number of rotatable bonds is 3. The van der Waals surface area contributed by atoms with E-state index in [1.54, 1.807) is 17.9 Å². The highest BCUT2D eigenvalue weighted by molar-refractivity contribution is 6.33. The predicted octanol–water partition coefficient (Wildman–Crippen LogP) is 4.27. The first-order valence-corrected chi connectivity index (χ1v) is 6.27. The summed E-state index contributed by atoms with van der Waals surface area (Å²) in [6.45, 7) is 1.88. The standard InChI is InChI=1S/C13H13ClF3N3/c1-8(9-6-18-20(2)7-9)19-12-4-3-10(5-11(12)14)13(15,16)17/h3-8,19H,1-2H3. The van der Waals surface area contributed by atoms with E-state index in [0.717, 1.165) is 17.7 Å². The first-order chi connectivity index (χ1) is 9.27. The van der Waals surface area contributed by atoms with Crippen molar-refractivity contribution in [3.05, 3.63) is 46.7 Å². The second-order valence-electron chi connectivity index (χ2n) is 4.51. The lowest BCUT2D eigenvalue weighted by atomic mass is 10.1. The molecule has 108 valence electrons. The zero-order chi connectivity index (χ0) is 14.9. The Labute approximate surface area is 119 Å². The molecule has 0 aliphatic heterocycles. The summed E-state index contributed by atoms with van der Waals surface area (Å²) in [6, 6.07) is 3.14. The van der Waals surface area contributed by atoms with Crippen LogP contribution < -0.4 is 5.32 Å². The molecule has 0 spiro atoms. The van der Waals surface area contributed by atoms with E-state index in [4.69, 9.17) is 11.6 Å². The van der Waals surface area contributed by atoms with Crippen molar-refractivity contribution in [2.75, 3.05) is 5.32 Å². The van der Waals surface area contributed by atoms with E-state index in [1.165, 1.54) is 6.07 Å². The fraction of sp³-hybridized carbons (Fsp3) is 0.308. The topological polar surface area (TPSA) is 29.9 Å². The summed E-state index contributed by atoms with van der Waals surface area (Å²) < 4.78 is 39.3. The van der Waals surface area contributed by atoms with E-state index in [2.05, 4.69) is 10.4 Å². The van der Waals surface area contributed by atoms with Gasteiger partial charge in [0.2, 0.25) is 0 Å². The van der Waals surface area contributed by atoms with Gasteiger partial charge in [-0.2, -0.15) is 18.3 Å². The summed E-state index contributed by atoms with van der Waals surface area (Å²) in [4.78, 5) is 0. The highest BCUT2D eigenvalue weighted by atomic mass is 35.5. The maximum Gasteiger partial charge on any atom is 0.416 e. The minimum Gasteiger partial charge on any atom is -0.377 e. The van der Waals surface area contributed by atoms with Crippen molar-refractivity contribution in [1.82, 2.24) is 9.78 Å². The van der Waals surface area contributed by atoms with E-state index in [0.29, 0.717) is 5.69 Å². The van der Waals surface area contributed by atoms with Crippen molar-refractivity contribution < 1.29 is 13.2 Å². The molecule has 1 heterocycles. The molecule has 3 nitrogen and oxygen atoms in total. The normalized spacial score (nSPS) is 13.3. The number of aromatic nitrogens is 2. The van der Waals surface area contributed by atoms with E-state index in [1.807, 2.05) is 13.1 Å². The Bertz CT molecular complexity index is 607. The Morgan fingerprint density at radius 3 is 2.55 bits per heavy atom. The molecule has 2 aromatic rings. The van der Waals surface area contributed by atoms with E-state index in [9.17, 15) is 13.2 Å². The van der Waals surface area contributed by atoms with Crippen molar-refractivity contribution in [2.45, 2.75) is 19.1 Å². The van der Waals surface area contributed by atoms with Gasteiger partial charge in [-0.05, 0) is 25.1 Å². The molecule has 20 heavy (non-hydrogen) atoms. The molecule has 1 aromatic carbocycles. The maximum absolute atomic E-state index is 12.5. The molecule has 0 saturated carbocycles. The van der Waals surface area contributed by atoms with Crippen LogP contribution in [0.5, 0.6) is 0 Å². The second-order valence-corrected chi connectivity index (χ2v) is 4.91. The van der Waals surface area contributed by atoms with Gasteiger partial charge in [-0.25, -0.2) is 0 Å². The third kappa shape index (κ3) is 3.25. The van der Waals surface area contributed by atoms with Gasteiger partial charge in [0.1, 0.15) is 0 Å². The number of aryl methyl sites for hydroxylation is 1. The van der Waals surface area contributed by atoms with Crippen molar-refractivity contribution >= 4 is 17.3 Å². The molecule has 1 aromatic heterocycles. The van der Waals surface area contributed by atoms with E-state index >= 15 is 0 Å². The van der Waals surface area contributed by atoms with Gasteiger partial charge in [0.05, 0.1) is 28.5 Å². The highest BCUT2D eigenvalue weighted by Crippen LogP contribution is 2.34. The molecule has 0 aliphatic rings. The first kappa shape index (κ1) is 14.7. The molecule has 0 fully saturated rings. The summed E-state index contributed by atoms with van der Waals surface area (Å²) in [5, 5.41) is 7.15. The fourth-order valence-electron chi connectivity index (χ4n) is 1.79. The Hall–Kier alpha value is -1.69. The predicted molar refractivity (Wildman–Crippen MR) is 71.7 cm³/mol. The average molecular weight is 304 g/mol. The second kappa shape index (κ2) is 5.36. The Morgan fingerprint density at radius 1 is 1.35 bits per heavy atom. The fourth-order valence-corrected chi connectivity index (χ4v) is 2.02. The molecule has 0 amide bonds. The minimum absolute atomic E-state index is 0.0376. The Kier molecular flexibility index (Phi) is 3.94. The highest BCUT2D eigenvalue weighted by Gasteiger charge is 2.30. The molecule has 0 radical (unpaired) electrons. The molecule has 0 bridgehead atoms. The van der Waals surface area contributed by atoms with Crippen molar-refractivity contribution in [3.63, 3.8) is 0 Å². The van der Waals surface area contributed by atoms with Crippen LogP contribution in [-0.2, 0) is 13.2 Å². The van der Waals surface area contributed by atoms with Crippen LogP contribution in [0.25, 0.3) is 0 Å². The van der Waals surface area contributed by atoms with E-state index in [-0.39, 0.29) is 11.1 Å². The molecule has 0 saturated heterocycles. The summed E-state index contributed by atoms with van der Waals surface area (Å²) >= 11 is 5.89. The lowest BCUT2D eigenvalue weighted by Crippen LogP contribution is -2.08. The Morgan fingerprint density at radius 2 is 2.05 bits per heavy atom. The van der Waals surface area contributed by atoms with Gasteiger partial charge in [-0.15, -0.1) is 0 Å². The zero-order valence-electron chi connectivity index (χ0n) is 10.9. The molecule has 1 atom stereocenters. The van der Waals surface area contributed by atoms with Crippen LogP contribution in [0.4, 0.5) is 18.9 Å². The summed E-state index contributed by atoms with van der Waals surface area (Å²) in [6.07, 6.45) is -0.873. The van der Waals surface area contributed by atoms with Gasteiger partial charge in [-0.3, -0.25) is 4.68 Å². The molecule has 1 unspecified atom stereocenters. The number of halogens is 4. The summed E-state index contributed by atoms with van der Waals surface area (Å²) in [5.74, 6) is 0. The van der Waals surface area contributed by atoms with E-state index < -0.39 is 11.7 Å². The van der Waals surface area contributed by atoms with Gasteiger partial charge in [0.25, 0.3) is 0 Å². The smallest absolute Gasteiger partial charge is 0.377 e. The number of benzene rings is 1. The van der Waals surface area contributed by atoms with Crippen LogP contribution in [-0.4, -0.2) is 9.78 Å². The number of nitrogens with one attached hydrogen (secondary N) is 1. The number of alkyl halides is 3. The van der Waals surface area contributed by atoms with Crippen LogP contribution in [0, 0.1) is 0 Å². The average Bonchev–Trinajstić information content (AvgIpc) is 2.77. The van der Waals surface area contributed by atoms with Crippen molar-refractivity contribution in [3.8, 4) is 0 Å². The summed E-state index contributed by atoms with van der Waals surface area (Å²) in [5.41, 5.74) is 0.613. The SMILES string of the molecule is CC(Nc1ccc(C(F)(F)F)cc1Cl)c1cnn(C)c1. The van der Waals surface area contributed by atoms with Crippen LogP contribution in [0.15, 0.2) is 30.6 Å². The van der Waals surface area contributed by atoms with Crippen molar-refractivity contribution in [2.24, 2.45) is 7.05 Å². The maximum atomic E-state index is 12.5. The number of nitrogens with zero attached hydrogens (tertiary/aromatic N) is 2. The third-order valence-corrected chi connectivity index (χ3v) is 3.21. The molecular weight excluding hydrogens is 291 g/mol. The monoisotopic (exact) mass is 303 g/mol. The zero-order valence-corrected chi connectivity index (χ0v) is 11.6.